The SMILES string of the molecule is FC(F)=C1C(C2(F)C(F)(F)C(F)(F)C2(F)F)=C(F)C(F)(F)C1(F)F. The highest BCUT2D eigenvalue weighted by atomic mass is 19.4. The van der Waals surface area contributed by atoms with Crippen molar-refractivity contribution in [2.75, 3.05) is 0 Å². The molecule has 0 nitrogen and oxygen atoms in total. The van der Waals surface area contributed by atoms with Crippen LogP contribution in [0.15, 0.2) is 23.1 Å². The van der Waals surface area contributed by atoms with Crippen LogP contribution in [-0.4, -0.2) is 35.3 Å². The molecule has 14 heteroatoms. The Kier molecular flexibility index (Phi) is 3.28. The molecule has 0 N–H and O–H groups in total. The molecule has 1 fully saturated rings. The molecule has 0 aromatic rings. The van der Waals surface area contributed by atoms with E-state index in [0.29, 0.717) is 0 Å². The third kappa shape index (κ3) is 1.44. The number of allylic oxidation sites excluding steroid dienone is 3. The van der Waals surface area contributed by atoms with Gasteiger partial charge in [-0.3, -0.25) is 0 Å². The second-order valence-electron chi connectivity index (χ2n) is 4.85. The van der Waals surface area contributed by atoms with Crippen LogP contribution in [0, 0.1) is 0 Å². The minimum atomic E-state index is -6.73. The summed E-state index contributed by atoms with van der Waals surface area (Å²) < 4.78 is 182. The fourth-order valence-corrected chi connectivity index (χ4v) is 2.33. The van der Waals surface area contributed by atoms with Crippen molar-refractivity contribution in [2.45, 2.75) is 35.3 Å². The molecule has 2 rings (SSSR count). The average Bonchev–Trinajstić information content (AvgIpc) is 2.53. The molecular formula is C10F14. The quantitative estimate of drug-likeness (QED) is 0.539. The summed E-state index contributed by atoms with van der Waals surface area (Å²) in [5.41, 5.74) is -14.3. The molecule has 1 saturated carbocycles. The topological polar surface area (TPSA) is 0 Å². The summed E-state index contributed by atoms with van der Waals surface area (Å²) in [4.78, 5) is 0. The molecule has 0 aliphatic heterocycles. The third-order valence-electron chi connectivity index (χ3n) is 3.64. The predicted octanol–water partition coefficient (Wildman–Crippen LogP) is 5.27. The van der Waals surface area contributed by atoms with E-state index in [0.717, 1.165) is 0 Å². The number of halogens is 14. The van der Waals surface area contributed by atoms with Gasteiger partial charge in [0.25, 0.3) is 11.7 Å². The Labute approximate surface area is 121 Å². The number of hydrogen-bond acceptors (Lipinski definition) is 0. The Bertz CT molecular complexity index is 643. The van der Waals surface area contributed by atoms with Gasteiger partial charge in [-0.05, 0) is 0 Å². The van der Waals surface area contributed by atoms with Gasteiger partial charge in [-0.1, -0.05) is 0 Å². The Morgan fingerprint density at radius 3 is 1.29 bits per heavy atom. The maximum atomic E-state index is 13.9. The first-order valence-electron chi connectivity index (χ1n) is 5.40. The van der Waals surface area contributed by atoms with Gasteiger partial charge in [-0.15, -0.1) is 0 Å². The highest BCUT2D eigenvalue weighted by Crippen LogP contribution is 2.75. The summed E-state index contributed by atoms with van der Waals surface area (Å²) in [7, 11) is 0. The molecule has 0 heterocycles. The fraction of sp³-hybridized carbons (Fsp3) is 0.600. The van der Waals surface area contributed by atoms with Crippen molar-refractivity contribution < 1.29 is 61.5 Å². The first kappa shape index (κ1) is 18.8. The van der Waals surface area contributed by atoms with E-state index in [1.54, 1.807) is 0 Å². The van der Waals surface area contributed by atoms with Gasteiger partial charge in [0.1, 0.15) is 5.57 Å². The third-order valence-corrected chi connectivity index (χ3v) is 3.64. The zero-order valence-corrected chi connectivity index (χ0v) is 10.3. The van der Waals surface area contributed by atoms with Crippen molar-refractivity contribution >= 4 is 0 Å². The van der Waals surface area contributed by atoms with Gasteiger partial charge in [0.15, 0.2) is 5.83 Å². The molecule has 0 aromatic carbocycles. The lowest BCUT2D eigenvalue weighted by molar-refractivity contribution is -0.461. The number of rotatable bonds is 1. The maximum absolute atomic E-state index is 13.9. The molecule has 0 bridgehead atoms. The molecule has 0 unspecified atom stereocenters. The van der Waals surface area contributed by atoms with Gasteiger partial charge in [0, 0.05) is 0 Å². The van der Waals surface area contributed by atoms with Crippen molar-refractivity contribution in [3.63, 3.8) is 0 Å². The summed E-state index contributed by atoms with van der Waals surface area (Å²) in [6.07, 6.45) is -4.12. The van der Waals surface area contributed by atoms with E-state index in [-0.39, 0.29) is 0 Å². The van der Waals surface area contributed by atoms with Crippen LogP contribution in [0.25, 0.3) is 0 Å². The molecule has 2 aliphatic rings. The Hall–Kier alpha value is -1.50. The van der Waals surface area contributed by atoms with Crippen molar-refractivity contribution in [2.24, 2.45) is 0 Å². The molecule has 0 amide bonds. The molecule has 24 heavy (non-hydrogen) atoms. The van der Waals surface area contributed by atoms with Crippen molar-refractivity contribution in [3.8, 4) is 0 Å². The molecular weight excluding hydrogens is 386 g/mol. The standard InChI is InChI=1S/C10F14/c11-3-1(2(4(12)13)6(15,16)7(3,17)18)5(14)8(19,20)10(23,24)9(5,21)22. The van der Waals surface area contributed by atoms with E-state index in [9.17, 15) is 61.5 Å². The van der Waals surface area contributed by atoms with Gasteiger partial charge in [0.05, 0.1) is 5.57 Å². The van der Waals surface area contributed by atoms with Crippen molar-refractivity contribution in [1.29, 1.82) is 0 Å². The lowest BCUT2D eigenvalue weighted by Gasteiger charge is -2.54. The van der Waals surface area contributed by atoms with E-state index < -0.39 is 58.3 Å². The van der Waals surface area contributed by atoms with Gasteiger partial charge in [0.2, 0.25) is 0 Å². The number of hydrogen-bond donors (Lipinski definition) is 0. The molecule has 0 aromatic heterocycles. The summed E-state index contributed by atoms with van der Waals surface area (Å²) in [5.74, 6) is -37.1. The smallest absolute Gasteiger partial charge is 0.224 e. The van der Waals surface area contributed by atoms with E-state index in [1.165, 1.54) is 0 Å². The van der Waals surface area contributed by atoms with Gasteiger partial charge < -0.3 is 0 Å². The van der Waals surface area contributed by atoms with Crippen molar-refractivity contribution in [1.82, 2.24) is 0 Å². The highest BCUT2D eigenvalue weighted by Gasteiger charge is 3.02. The fourth-order valence-electron chi connectivity index (χ4n) is 2.33. The van der Waals surface area contributed by atoms with Gasteiger partial charge in [-0.2, -0.15) is 52.7 Å². The normalized spacial score (nSPS) is 31.0. The van der Waals surface area contributed by atoms with Crippen LogP contribution >= 0.6 is 0 Å². The van der Waals surface area contributed by atoms with E-state index in [1.807, 2.05) is 0 Å². The minimum absolute atomic E-state index is 3.83. The lowest BCUT2D eigenvalue weighted by Crippen LogP contribution is -2.85. The molecule has 0 radical (unpaired) electrons. The minimum Gasteiger partial charge on any atom is -0.224 e. The van der Waals surface area contributed by atoms with E-state index >= 15 is 0 Å². The molecule has 0 saturated heterocycles. The van der Waals surface area contributed by atoms with E-state index in [4.69, 9.17) is 0 Å². The van der Waals surface area contributed by atoms with Crippen LogP contribution in [0.2, 0.25) is 0 Å². The Morgan fingerprint density at radius 2 is 0.958 bits per heavy atom. The molecule has 2 aliphatic carbocycles. The van der Waals surface area contributed by atoms with Crippen LogP contribution in [0.1, 0.15) is 0 Å². The van der Waals surface area contributed by atoms with Crippen molar-refractivity contribution in [3.05, 3.63) is 23.1 Å². The van der Waals surface area contributed by atoms with Crippen LogP contribution in [-0.2, 0) is 0 Å². The van der Waals surface area contributed by atoms with Gasteiger partial charge >= 0.3 is 29.6 Å². The maximum Gasteiger partial charge on any atom is 0.379 e. The molecule has 0 spiro atoms. The molecule has 0 atom stereocenters. The first-order valence-corrected chi connectivity index (χ1v) is 5.40. The van der Waals surface area contributed by atoms with Crippen LogP contribution in [0.5, 0.6) is 0 Å². The summed E-state index contributed by atoms with van der Waals surface area (Å²) in [6.45, 7) is 0. The largest absolute Gasteiger partial charge is 0.379 e. The number of alkyl halides is 11. The first-order chi connectivity index (χ1) is 10.3. The Morgan fingerprint density at radius 1 is 0.583 bits per heavy atom. The van der Waals surface area contributed by atoms with Crippen LogP contribution < -0.4 is 0 Å². The summed E-state index contributed by atoms with van der Waals surface area (Å²) in [5, 5.41) is 0. The average molecular weight is 386 g/mol. The van der Waals surface area contributed by atoms with Gasteiger partial charge in [-0.25, -0.2) is 8.78 Å². The Balaban J connectivity index is 2.90. The summed E-state index contributed by atoms with van der Waals surface area (Å²) >= 11 is 0. The lowest BCUT2D eigenvalue weighted by atomic mass is 9.64. The molecule has 138 valence electrons. The second-order valence-corrected chi connectivity index (χ2v) is 4.85. The van der Waals surface area contributed by atoms with Crippen LogP contribution in [0.3, 0.4) is 0 Å². The van der Waals surface area contributed by atoms with Crippen LogP contribution in [0.4, 0.5) is 61.5 Å². The zero-order valence-electron chi connectivity index (χ0n) is 10.3. The summed E-state index contributed by atoms with van der Waals surface area (Å²) in [6, 6.07) is 0. The predicted molar refractivity (Wildman–Crippen MR) is 45.9 cm³/mol. The zero-order chi connectivity index (χ0) is 19.3. The van der Waals surface area contributed by atoms with E-state index in [2.05, 4.69) is 0 Å². The second kappa shape index (κ2) is 4.18. The highest BCUT2D eigenvalue weighted by molar-refractivity contribution is 5.60. The monoisotopic (exact) mass is 386 g/mol.